The Morgan fingerprint density at radius 2 is 2.26 bits per heavy atom. The van der Waals surface area contributed by atoms with Gasteiger partial charge < -0.3 is 20.4 Å². The van der Waals surface area contributed by atoms with Gasteiger partial charge in [-0.25, -0.2) is 0 Å². The Balaban J connectivity index is 1.83. The summed E-state index contributed by atoms with van der Waals surface area (Å²) in [7, 11) is 0. The third-order valence-corrected chi connectivity index (χ3v) is 3.98. The Morgan fingerprint density at radius 1 is 1.42 bits per heavy atom. The zero-order chi connectivity index (χ0) is 13.4. The molecule has 0 bridgehead atoms. The van der Waals surface area contributed by atoms with Crippen LogP contribution in [0.25, 0.3) is 0 Å². The molecule has 2 unspecified atom stereocenters. The highest BCUT2D eigenvalue weighted by Crippen LogP contribution is 2.34. The van der Waals surface area contributed by atoms with E-state index in [1.807, 2.05) is 12.1 Å². The van der Waals surface area contributed by atoms with Crippen LogP contribution in [-0.4, -0.2) is 35.8 Å². The van der Waals surface area contributed by atoms with Crippen molar-refractivity contribution in [3.63, 3.8) is 0 Å². The standard InChI is InChI=1S/C14H18N2O3/c17-8-9-2-1-5-16(7-9)10-3-4-11-12(6-10)15-14(19)13(11)18/h3-4,6,9,13,17-18H,1-2,5,7-8H2,(H,15,19). The van der Waals surface area contributed by atoms with E-state index in [-0.39, 0.29) is 12.5 Å². The molecule has 5 heteroatoms. The molecular weight excluding hydrogens is 244 g/mol. The lowest BCUT2D eigenvalue weighted by molar-refractivity contribution is -0.123. The number of fused-ring (bicyclic) bond motifs is 1. The number of rotatable bonds is 2. The van der Waals surface area contributed by atoms with Crippen LogP contribution in [0.5, 0.6) is 0 Å². The zero-order valence-corrected chi connectivity index (χ0v) is 10.7. The van der Waals surface area contributed by atoms with Gasteiger partial charge in [0.25, 0.3) is 5.91 Å². The van der Waals surface area contributed by atoms with Gasteiger partial charge >= 0.3 is 0 Å². The molecular formula is C14H18N2O3. The van der Waals surface area contributed by atoms with Crippen LogP contribution in [0.1, 0.15) is 24.5 Å². The lowest BCUT2D eigenvalue weighted by Crippen LogP contribution is -2.36. The first-order chi connectivity index (χ1) is 9.19. The molecule has 5 nitrogen and oxygen atoms in total. The van der Waals surface area contributed by atoms with Gasteiger partial charge in [0.2, 0.25) is 0 Å². The average Bonchev–Trinajstić information content (AvgIpc) is 2.73. The first-order valence-corrected chi connectivity index (χ1v) is 6.67. The second-order valence-electron chi connectivity index (χ2n) is 5.30. The quantitative estimate of drug-likeness (QED) is 0.740. The summed E-state index contributed by atoms with van der Waals surface area (Å²) < 4.78 is 0. The van der Waals surface area contributed by atoms with Crippen LogP contribution in [0.2, 0.25) is 0 Å². The molecule has 1 fully saturated rings. The molecule has 3 N–H and O–H groups in total. The van der Waals surface area contributed by atoms with E-state index in [9.17, 15) is 15.0 Å². The minimum Gasteiger partial charge on any atom is -0.396 e. The Labute approximate surface area is 111 Å². The molecule has 0 aliphatic carbocycles. The number of piperidine rings is 1. The number of benzene rings is 1. The molecule has 0 radical (unpaired) electrons. The topological polar surface area (TPSA) is 72.8 Å². The fourth-order valence-corrected chi connectivity index (χ4v) is 2.88. The van der Waals surface area contributed by atoms with E-state index in [0.29, 0.717) is 17.2 Å². The molecule has 0 aromatic heterocycles. The lowest BCUT2D eigenvalue weighted by Gasteiger charge is -2.33. The normalized spacial score (nSPS) is 26.2. The van der Waals surface area contributed by atoms with Crippen molar-refractivity contribution in [1.82, 2.24) is 0 Å². The van der Waals surface area contributed by atoms with E-state index in [0.717, 1.165) is 31.6 Å². The second kappa shape index (κ2) is 4.83. The monoisotopic (exact) mass is 262 g/mol. The van der Waals surface area contributed by atoms with Crippen molar-refractivity contribution in [2.24, 2.45) is 5.92 Å². The molecule has 2 atom stereocenters. The van der Waals surface area contributed by atoms with Gasteiger partial charge in [-0.1, -0.05) is 6.07 Å². The fraction of sp³-hybridized carbons (Fsp3) is 0.500. The van der Waals surface area contributed by atoms with Gasteiger partial charge in [-0.2, -0.15) is 0 Å². The van der Waals surface area contributed by atoms with Gasteiger partial charge in [0.15, 0.2) is 6.10 Å². The number of aliphatic hydroxyl groups is 2. The van der Waals surface area contributed by atoms with Crippen molar-refractivity contribution in [1.29, 1.82) is 0 Å². The predicted molar refractivity (Wildman–Crippen MR) is 72.1 cm³/mol. The number of nitrogens with zero attached hydrogens (tertiary/aromatic N) is 1. The van der Waals surface area contributed by atoms with Crippen LogP contribution in [0.4, 0.5) is 11.4 Å². The van der Waals surface area contributed by atoms with E-state index in [1.54, 1.807) is 6.07 Å². The molecule has 2 aliphatic rings. The van der Waals surface area contributed by atoms with Crippen LogP contribution in [-0.2, 0) is 4.79 Å². The van der Waals surface area contributed by atoms with E-state index in [2.05, 4.69) is 10.2 Å². The summed E-state index contributed by atoms with van der Waals surface area (Å²) in [5, 5.41) is 21.6. The fourth-order valence-electron chi connectivity index (χ4n) is 2.88. The second-order valence-corrected chi connectivity index (χ2v) is 5.30. The predicted octanol–water partition coefficient (Wildman–Crippen LogP) is 0.881. The summed E-state index contributed by atoms with van der Waals surface area (Å²) in [5.74, 6) is -0.0405. The SMILES string of the molecule is O=C1Nc2cc(N3CCCC(CO)C3)ccc2C1O. The molecule has 1 aromatic carbocycles. The van der Waals surface area contributed by atoms with Gasteiger partial charge in [-0.3, -0.25) is 4.79 Å². The molecule has 19 heavy (non-hydrogen) atoms. The number of hydrogen-bond donors (Lipinski definition) is 3. The van der Waals surface area contributed by atoms with Crippen LogP contribution in [0, 0.1) is 5.92 Å². The Bertz CT molecular complexity index is 503. The van der Waals surface area contributed by atoms with Crippen molar-refractivity contribution in [2.45, 2.75) is 18.9 Å². The largest absolute Gasteiger partial charge is 0.396 e. The van der Waals surface area contributed by atoms with E-state index in [4.69, 9.17) is 0 Å². The van der Waals surface area contributed by atoms with Crippen LogP contribution in [0.15, 0.2) is 18.2 Å². The van der Waals surface area contributed by atoms with Crippen molar-refractivity contribution in [3.8, 4) is 0 Å². The summed E-state index contributed by atoms with van der Waals surface area (Å²) in [6.07, 6.45) is 1.08. The number of amides is 1. The van der Waals surface area contributed by atoms with Crippen LogP contribution >= 0.6 is 0 Å². The average molecular weight is 262 g/mol. The molecule has 0 spiro atoms. The minimum absolute atomic E-state index is 0.219. The molecule has 2 aliphatic heterocycles. The third-order valence-electron chi connectivity index (χ3n) is 3.98. The van der Waals surface area contributed by atoms with Crippen LogP contribution in [0.3, 0.4) is 0 Å². The maximum atomic E-state index is 11.4. The smallest absolute Gasteiger partial charge is 0.257 e. The highest BCUT2D eigenvalue weighted by atomic mass is 16.3. The van der Waals surface area contributed by atoms with Crippen molar-refractivity contribution >= 4 is 17.3 Å². The van der Waals surface area contributed by atoms with Gasteiger partial charge in [0.05, 0.1) is 0 Å². The van der Waals surface area contributed by atoms with E-state index >= 15 is 0 Å². The maximum absolute atomic E-state index is 11.4. The van der Waals surface area contributed by atoms with Gasteiger partial charge in [-0.15, -0.1) is 0 Å². The van der Waals surface area contributed by atoms with Crippen LogP contribution < -0.4 is 10.2 Å². The first-order valence-electron chi connectivity index (χ1n) is 6.67. The number of nitrogens with one attached hydrogen (secondary N) is 1. The maximum Gasteiger partial charge on any atom is 0.257 e. The summed E-state index contributed by atoms with van der Waals surface area (Å²) in [6, 6.07) is 5.64. The zero-order valence-electron chi connectivity index (χ0n) is 10.7. The summed E-state index contributed by atoms with van der Waals surface area (Å²) >= 11 is 0. The van der Waals surface area contributed by atoms with Crippen molar-refractivity contribution in [3.05, 3.63) is 23.8 Å². The Hall–Kier alpha value is -1.59. The van der Waals surface area contributed by atoms with Gasteiger partial charge in [-0.05, 0) is 30.9 Å². The molecule has 1 aromatic rings. The van der Waals surface area contributed by atoms with E-state index in [1.165, 1.54) is 0 Å². The molecule has 2 heterocycles. The highest BCUT2D eigenvalue weighted by molar-refractivity contribution is 6.02. The lowest BCUT2D eigenvalue weighted by atomic mass is 9.98. The molecule has 3 rings (SSSR count). The van der Waals surface area contributed by atoms with Gasteiger partial charge in [0.1, 0.15) is 0 Å². The van der Waals surface area contributed by atoms with Gasteiger partial charge in [0, 0.05) is 36.6 Å². The molecule has 1 amide bonds. The number of anilines is 2. The number of carbonyl (C=O) groups excluding carboxylic acids is 1. The van der Waals surface area contributed by atoms with Crippen molar-refractivity contribution < 1.29 is 15.0 Å². The van der Waals surface area contributed by atoms with E-state index < -0.39 is 6.10 Å². The minimum atomic E-state index is -1.05. The summed E-state index contributed by atoms with van der Waals surface area (Å²) in [5.41, 5.74) is 2.37. The molecule has 102 valence electrons. The third kappa shape index (κ3) is 2.19. The Kier molecular flexibility index (Phi) is 3.16. The highest BCUT2D eigenvalue weighted by Gasteiger charge is 2.29. The summed E-state index contributed by atoms with van der Waals surface area (Å²) in [6.45, 7) is 2.02. The Morgan fingerprint density at radius 3 is 3.05 bits per heavy atom. The number of carbonyl (C=O) groups is 1. The van der Waals surface area contributed by atoms with Crippen molar-refractivity contribution in [2.75, 3.05) is 29.9 Å². The summed E-state index contributed by atoms with van der Waals surface area (Å²) in [4.78, 5) is 13.6. The molecule has 0 saturated carbocycles. The first kappa shape index (κ1) is 12.4. The molecule has 1 saturated heterocycles. The number of aliphatic hydroxyl groups excluding tert-OH is 2. The number of hydrogen-bond acceptors (Lipinski definition) is 4.